The molecule has 0 bridgehead atoms. The second-order valence-corrected chi connectivity index (χ2v) is 23.9. The summed E-state index contributed by atoms with van der Waals surface area (Å²) in [5, 5.41) is 23.1. The lowest BCUT2D eigenvalue weighted by Crippen LogP contribution is -2.66. The average Bonchev–Trinajstić information content (AvgIpc) is 3.94. The molecule has 0 aromatic heterocycles. The minimum atomic E-state index is -3.63. The molecule has 8 aliphatic rings. The summed E-state index contributed by atoms with van der Waals surface area (Å²) >= 11 is 12.8. The first-order valence-corrected chi connectivity index (χ1v) is 24.6. The van der Waals surface area contributed by atoms with Crippen LogP contribution in [-0.4, -0.2) is 103 Å². The molecule has 4 aliphatic heterocycles. The van der Waals surface area contributed by atoms with Gasteiger partial charge in [-0.3, -0.25) is 9.59 Å². The molecule has 14 nitrogen and oxygen atoms in total. The lowest BCUT2D eigenvalue weighted by atomic mass is 9.78. The zero-order valence-corrected chi connectivity index (χ0v) is 36.3. The number of nitriles is 2. The Morgan fingerprint density at radius 1 is 0.633 bits per heavy atom. The van der Waals surface area contributed by atoms with Gasteiger partial charge < -0.3 is 29.9 Å². The maximum absolute atomic E-state index is 13.2. The topological polar surface area (TPSA) is 199 Å². The summed E-state index contributed by atoms with van der Waals surface area (Å²) in [4.78, 5) is 29.6. The monoisotopic (exact) mass is 898 g/mol. The third-order valence-electron chi connectivity index (χ3n) is 14.0. The van der Waals surface area contributed by atoms with Crippen molar-refractivity contribution in [2.75, 3.05) is 62.4 Å². The molecule has 0 unspecified atom stereocenters. The van der Waals surface area contributed by atoms with E-state index in [-0.39, 0.29) is 67.2 Å². The molecule has 2 aromatic rings. The number of hydrogen-bond acceptors (Lipinski definition) is 12. The van der Waals surface area contributed by atoms with Gasteiger partial charge in [0.15, 0.2) is 19.7 Å². The second-order valence-electron chi connectivity index (χ2n) is 18.6. The maximum Gasteiger partial charge on any atom is 0.224 e. The molecule has 2 N–H and O–H groups in total. The van der Waals surface area contributed by atoms with Gasteiger partial charge in [0.2, 0.25) is 11.8 Å². The lowest BCUT2D eigenvalue weighted by molar-refractivity contribution is -0.127. The van der Waals surface area contributed by atoms with Gasteiger partial charge in [-0.05, 0) is 101 Å². The first kappa shape index (κ1) is 41.7. The van der Waals surface area contributed by atoms with Crippen LogP contribution in [0.15, 0.2) is 46.2 Å². The first-order valence-electron chi connectivity index (χ1n) is 20.7. The van der Waals surface area contributed by atoms with Crippen molar-refractivity contribution in [3.05, 3.63) is 46.4 Å². The van der Waals surface area contributed by atoms with Crippen molar-refractivity contribution in [1.82, 2.24) is 10.6 Å². The number of hydrogen-bond donors (Lipinski definition) is 2. The summed E-state index contributed by atoms with van der Waals surface area (Å²) < 4.78 is 63.4. The Kier molecular flexibility index (Phi) is 10.4. The Labute approximate surface area is 360 Å². The molecule has 10 rings (SSSR count). The van der Waals surface area contributed by atoms with Crippen LogP contribution in [0.5, 0.6) is 0 Å². The quantitative estimate of drug-likeness (QED) is 0.337. The fourth-order valence-electron chi connectivity index (χ4n) is 9.61. The minimum absolute atomic E-state index is 0.136. The van der Waals surface area contributed by atoms with E-state index in [0.29, 0.717) is 51.4 Å². The molecule has 4 heterocycles. The molecule has 4 saturated carbocycles. The molecule has 320 valence electrons. The first-order chi connectivity index (χ1) is 28.5. The molecule has 0 radical (unpaired) electrons. The predicted molar refractivity (Wildman–Crippen MR) is 222 cm³/mol. The summed E-state index contributed by atoms with van der Waals surface area (Å²) in [6.07, 6.45) is 5.04. The number of anilines is 2. The average molecular weight is 900 g/mol. The van der Waals surface area contributed by atoms with Crippen LogP contribution in [0, 0.1) is 45.3 Å². The Morgan fingerprint density at radius 3 is 1.28 bits per heavy atom. The molecule has 2 aromatic carbocycles. The van der Waals surface area contributed by atoms with Gasteiger partial charge in [0.25, 0.3) is 0 Å². The van der Waals surface area contributed by atoms with Crippen LogP contribution >= 0.6 is 23.2 Å². The van der Waals surface area contributed by atoms with Crippen molar-refractivity contribution >= 4 is 66.1 Å². The van der Waals surface area contributed by atoms with Crippen molar-refractivity contribution < 1.29 is 35.9 Å². The number of nitrogens with zero attached hydrogens (tertiary/aromatic N) is 4. The fourth-order valence-corrected chi connectivity index (χ4v) is 14.4. The van der Waals surface area contributed by atoms with E-state index in [2.05, 4.69) is 32.6 Å². The van der Waals surface area contributed by atoms with Gasteiger partial charge >= 0.3 is 0 Å². The van der Waals surface area contributed by atoms with Crippen molar-refractivity contribution in [3.63, 3.8) is 0 Å². The minimum Gasteiger partial charge on any atom is -0.380 e. The number of rotatable bonds is 10. The van der Waals surface area contributed by atoms with Crippen LogP contribution in [0.3, 0.4) is 0 Å². The van der Waals surface area contributed by atoms with E-state index in [9.17, 15) is 26.4 Å². The molecule has 4 aliphatic carbocycles. The van der Waals surface area contributed by atoms with Crippen LogP contribution in [-0.2, 0) is 38.7 Å². The van der Waals surface area contributed by atoms with Gasteiger partial charge in [-0.25, -0.2) is 16.8 Å². The van der Waals surface area contributed by atoms with Gasteiger partial charge in [0, 0.05) is 49.4 Å². The molecular weight excluding hydrogens is 852 g/mol. The highest BCUT2D eigenvalue weighted by Crippen LogP contribution is 2.45. The van der Waals surface area contributed by atoms with Crippen LogP contribution < -0.4 is 20.4 Å². The van der Waals surface area contributed by atoms with E-state index in [1.54, 1.807) is 24.3 Å². The second kappa shape index (κ2) is 15.0. The number of nitrogens with one attached hydrogen (secondary N) is 2. The van der Waals surface area contributed by atoms with E-state index in [0.717, 1.165) is 64.0 Å². The molecule has 2 amide bonds. The molecule has 4 saturated heterocycles. The zero-order chi connectivity index (χ0) is 42.3. The highest BCUT2D eigenvalue weighted by atomic mass is 35.5. The van der Waals surface area contributed by atoms with E-state index in [1.807, 2.05) is 12.1 Å². The molecule has 2 spiro atoms. The highest BCUT2D eigenvalue weighted by Gasteiger charge is 2.52. The Hall–Kier alpha value is -3.64. The largest absolute Gasteiger partial charge is 0.380 e. The van der Waals surface area contributed by atoms with E-state index in [4.69, 9.17) is 43.2 Å². The normalized spacial score (nSPS) is 28.3. The standard InChI is InChI=1S/2C21H24ClN3O4S/c2*22-17-8-15(25-10-20(11-25)12-29-13-20)2-4-18(17)30(27,28)16-3-1-14(7-16)19(26)24-21(9-23)5-6-21/h2*2,4,8,14,16H,1,3,5-7,10-13H2,(H,24,26)/t2*14-,16-/m10/s1. The summed E-state index contributed by atoms with van der Waals surface area (Å²) in [7, 11) is -7.26. The van der Waals surface area contributed by atoms with Crippen molar-refractivity contribution in [2.45, 2.75) is 95.6 Å². The third-order valence-corrected chi connectivity index (χ3v) is 19.4. The van der Waals surface area contributed by atoms with Gasteiger partial charge in [-0.1, -0.05) is 23.2 Å². The predicted octanol–water partition coefficient (Wildman–Crippen LogP) is 4.58. The van der Waals surface area contributed by atoms with Crippen molar-refractivity contribution in [1.29, 1.82) is 10.5 Å². The van der Waals surface area contributed by atoms with Gasteiger partial charge in [0.1, 0.15) is 11.1 Å². The van der Waals surface area contributed by atoms with Crippen LogP contribution in [0.25, 0.3) is 0 Å². The Morgan fingerprint density at radius 2 is 1.00 bits per heavy atom. The fraction of sp³-hybridized carbons (Fsp3) is 0.619. The molecule has 60 heavy (non-hydrogen) atoms. The number of amides is 2. The number of carbonyl (C=O) groups is 2. The van der Waals surface area contributed by atoms with Crippen LogP contribution in [0.4, 0.5) is 11.4 Å². The lowest BCUT2D eigenvalue weighted by Gasteiger charge is -2.56. The summed E-state index contributed by atoms with van der Waals surface area (Å²) in [5.41, 5.74) is 0.920. The summed E-state index contributed by atoms with van der Waals surface area (Å²) in [6, 6.07) is 14.5. The van der Waals surface area contributed by atoms with E-state index in [1.165, 1.54) is 0 Å². The number of sulfone groups is 2. The van der Waals surface area contributed by atoms with Gasteiger partial charge in [-0.15, -0.1) is 0 Å². The Bertz CT molecular complexity index is 2240. The molecule has 4 atom stereocenters. The molecule has 8 fully saturated rings. The number of ether oxygens (including phenoxy) is 2. The molecular formula is C42H48Cl2N6O8S2. The zero-order valence-electron chi connectivity index (χ0n) is 33.1. The number of benzene rings is 2. The maximum atomic E-state index is 13.2. The smallest absolute Gasteiger partial charge is 0.224 e. The summed E-state index contributed by atoms with van der Waals surface area (Å²) in [5.74, 6) is -1.17. The van der Waals surface area contributed by atoms with Crippen LogP contribution in [0.2, 0.25) is 10.0 Å². The van der Waals surface area contributed by atoms with E-state index < -0.39 is 41.3 Å². The highest BCUT2D eigenvalue weighted by molar-refractivity contribution is 7.92. The van der Waals surface area contributed by atoms with Gasteiger partial charge in [-0.2, -0.15) is 10.5 Å². The number of carbonyl (C=O) groups excluding carboxylic acids is 2. The van der Waals surface area contributed by atoms with Crippen molar-refractivity contribution in [3.8, 4) is 12.1 Å². The molecule has 18 heteroatoms. The third kappa shape index (κ3) is 7.64. The number of halogens is 2. The van der Waals surface area contributed by atoms with Gasteiger partial charge in [0.05, 0.1) is 79.7 Å². The van der Waals surface area contributed by atoms with Crippen LogP contribution in [0.1, 0.15) is 64.2 Å². The van der Waals surface area contributed by atoms with Crippen molar-refractivity contribution in [2.24, 2.45) is 22.7 Å². The Balaban J connectivity index is 0.000000154. The summed E-state index contributed by atoms with van der Waals surface area (Å²) in [6.45, 7) is 6.76. The SMILES string of the molecule is N#CC1(NC(=O)[C@@H]2CC[C@@H](S(=O)(=O)c3ccc(N4CC5(COC5)C4)cc3Cl)C2)CC1.N#CC1(NC(=O)[C@H]2CC[C@H](S(=O)(=O)c3ccc(N4CC5(COC5)C4)cc3Cl)C2)CC1. The van der Waals surface area contributed by atoms with E-state index >= 15 is 0 Å².